The third-order valence-corrected chi connectivity index (χ3v) is 2.33. The van der Waals surface area contributed by atoms with Crippen molar-refractivity contribution in [3.63, 3.8) is 0 Å². The first-order chi connectivity index (χ1) is 9.40. The van der Waals surface area contributed by atoms with E-state index in [1.807, 2.05) is 5.32 Å². The number of nitrogens with zero attached hydrogens (tertiary/aromatic N) is 2. The van der Waals surface area contributed by atoms with Crippen LogP contribution in [0.25, 0.3) is 0 Å². The molecule has 0 atom stereocenters. The first-order valence-corrected chi connectivity index (χ1v) is 5.26. The van der Waals surface area contributed by atoms with E-state index >= 15 is 0 Å². The van der Waals surface area contributed by atoms with Gasteiger partial charge in [-0.2, -0.15) is 9.37 Å². The Labute approximate surface area is 110 Å². The third-order valence-electron chi connectivity index (χ3n) is 2.33. The van der Waals surface area contributed by atoms with Crippen molar-refractivity contribution in [2.75, 3.05) is 5.32 Å². The SMILES string of the molecule is Cc1coc(NC(=O)c2c(F)ccc([N+](=O)[O-])c2F)n1. The maximum Gasteiger partial charge on any atom is 0.305 e. The van der Waals surface area contributed by atoms with Gasteiger partial charge in [0, 0.05) is 6.07 Å². The normalized spacial score (nSPS) is 10.3. The van der Waals surface area contributed by atoms with Gasteiger partial charge < -0.3 is 4.42 Å². The van der Waals surface area contributed by atoms with Crippen LogP contribution in [0.4, 0.5) is 20.5 Å². The van der Waals surface area contributed by atoms with Crippen LogP contribution < -0.4 is 5.32 Å². The molecule has 104 valence electrons. The van der Waals surface area contributed by atoms with Crippen molar-refractivity contribution < 1.29 is 22.9 Å². The molecule has 0 aliphatic heterocycles. The molecule has 1 aromatic carbocycles. The van der Waals surface area contributed by atoms with Gasteiger partial charge in [-0.1, -0.05) is 0 Å². The summed E-state index contributed by atoms with van der Waals surface area (Å²) in [5.41, 5.74) is -1.63. The first-order valence-electron chi connectivity index (χ1n) is 5.26. The van der Waals surface area contributed by atoms with E-state index in [4.69, 9.17) is 4.42 Å². The highest BCUT2D eigenvalue weighted by Crippen LogP contribution is 2.23. The lowest BCUT2D eigenvalue weighted by Gasteiger charge is -2.04. The van der Waals surface area contributed by atoms with Gasteiger partial charge in [0.2, 0.25) is 5.82 Å². The van der Waals surface area contributed by atoms with Crippen LogP contribution in [0.1, 0.15) is 16.1 Å². The smallest absolute Gasteiger partial charge is 0.305 e. The number of rotatable bonds is 3. The second-order valence-electron chi connectivity index (χ2n) is 3.76. The Morgan fingerprint density at radius 2 is 2.15 bits per heavy atom. The molecule has 0 bridgehead atoms. The fourth-order valence-corrected chi connectivity index (χ4v) is 1.46. The maximum atomic E-state index is 13.7. The van der Waals surface area contributed by atoms with Gasteiger partial charge in [-0.3, -0.25) is 20.2 Å². The molecule has 0 aliphatic rings. The summed E-state index contributed by atoms with van der Waals surface area (Å²) in [5.74, 6) is -4.02. The van der Waals surface area contributed by atoms with E-state index in [1.54, 1.807) is 6.92 Å². The summed E-state index contributed by atoms with van der Waals surface area (Å²) in [7, 11) is 0. The number of amides is 1. The number of carbonyl (C=O) groups is 1. The van der Waals surface area contributed by atoms with E-state index < -0.39 is 33.7 Å². The van der Waals surface area contributed by atoms with Gasteiger partial charge in [0.25, 0.3) is 5.91 Å². The van der Waals surface area contributed by atoms with Crippen molar-refractivity contribution in [2.45, 2.75) is 6.92 Å². The van der Waals surface area contributed by atoms with Crippen molar-refractivity contribution in [3.05, 3.63) is 51.4 Å². The average molecular weight is 283 g/mol. The quantitative estimate of drug-likeness (QED) is 0.689. The van der Waals surface area contributed by atoms with Crippen LogP contribution >= 0.6 is 0 Å². The van der Waals surface area contributed by atoms with Gasteiger partial charge >= 0.3 is 11.7 Å². The van der Waals surface area contributed by atoms with Crippen molar-refractivity contribution >= 4 is 17.6 Å². The number of nitrogens with one attached hydrogen (secondary N) is 1. The predicted octanol–water partition coefficient (Wildman–Crippen LogP) is 2.42. The Morgan fingerprint density at radius 3 is 2.70 bits per heavy atom. The van der Waals surface area contributed by atoms with E-state index in [9.17, 15) is 23.7 Å². The summed E-state index contributed by atoms with van der Waals surface area (Å²) in [6.07, 6.45) is 1.22. The van der Waals surface area contributed by atoms with Crippen LogP contribution in [0.15, 0.2) is 22.8 Å². The van der Waals surface area contributed by atoms with Crippen molar-refractivity contribution in [3.8, 4) is 0 Å². The van der Waals surface area contributed by atoms with Crippen molar-refractivity contribution in [2.24, 2.45) is 0 Å². The number of nitro benzene ring substituents is 1. The lowest BCUT2D eigenvalue weighted by atomic mass is 10.1. The predicted molar refractivity (Wildman–Crippen MR) is 62.2 cm³/mol. The van der Waals surface area contributed by atoms with E-state index in [0.29, 0.717) is 17.8 Å². The zero-order chi connectivity index (χ0) is 14.9. The Kier molecular flexibility index (Phi) is 3.42. The van der Waals surface area contributed by atoms with Crippen molar-refractivity contribution in [1.29, 1.82) is 0 Å². The van der Waals surface area contributed by atoms with Crippen LogP contribution in [0, 0.1) is 28.7 Å². The number of nitro groups is 1. The van der Waals surface area contributed by atoms with Gasteiger partial charge in [-0.25, -0.2) is 4.39 Å². The topological polar surface area (TPSA) is 98.3 Å². The monoisotopic (exact) mass is 283 g/mol. The van der Waals surface area contributed by atoms with Gasteiger partial charge in [0.15, 0.2) is 0 Å². The molecule has 1 N–H and O–H groups in total. The number of aryl methyl sites for hydroxylation is 1. The standard InChI is InChI=1S/C11H7F2N3O4/c1-5-4-20-11(14-5)15-10(17)8-6(12)2-3-7(9(8)13)16(18)19/h2-4H,1H3,(H,14,15,17). The van der Waals surface area contributed by atoms with E-state index in [0.717, 1.165) is 0 Å². The van der Waals surface area contributed by atoms with Crippen LogP contribution in [-0.4, -0.2) is 15.8 Å². The molecule has 0 aliphatic carbocycles. The summed E-state index contributed by atoms with van der Waals surface area (Å²) in [6.45, 7) is 1.58. The second kappa shape index (κ2) is 5.03. The fraction of sp³-hybridized carbons (Fsp3) is 0.0909. The molecular formula is C11H7F2N3O4. The first kappa shape index (κ1) is 13.6. The van der Waals surface area contributed by atoms with Crippen LogP contribution in [-0.2, 0) is 0 Å². The number of aromatic nitrogens is 1. The molecule has 1 amide bonds. The molecule has 1 aromatic heterocycles. The second-order valence-corrected chi connectivity index (χ2v) is 3.76. The minimum absolute atomic E-state index is 0.266. The Morgan fingerprint density at radius 1 is 1.45 bits per heavy atom. The number of anilines is 1. The molecule has 0 spiro atoms. The third kappa shape index (κ3) is 2.46. The number of benzene rings is 1. The lowest BCUT2D eigenvalue weighted by molar-refractivity contribution is -0.387. The molecule has 0 unspecified atom stereocenters. The highest BCUT2D eigenvalue weighted by atomic mass is 19.1. The number of carbonyl (C=O) groups excluding carboxylic acids is 1. The van der Waals surface area contributed by atoms with E-state index in [2.05, 4.69) is 4.98 Å². The van der Waals surface area contributed by atoms with Gasteiger partial charge in [0.1, 0.15) is 17.6 Å². The fourth-order valence-electron chi connectivity index (χ4n) is 1.46. The molecular weight excluding hydrogens is 276 g/mol. The minimum atomic E-state index is -1.56. The summed E-state index contributed by atoms with van der Waals surface area (Å²) in [6, 6.07) is 1.01. The summed E-state index contributed by atoms with van der Waals surface area (Å²) >= 11 is 0. The maximum absolute atomic E-state index is 13.7. The molecule has 0 saturated heterocycles. The zero-order valence-electron chi connectivity index (χ0n) is 10.0. The molecule has 1 heterocycles. The molecule has 9 heteroatoms. The van der Waals surface area contributed by atoms with E-state index in [-0.39, 0.29) is 6.01 Å². The van der Waals surface area contributed by atoms with E-state index in [1.165, 1.54) is 6.26 Å². The van der Waals surface area contributed by atoms with Crippen molar-refractivity contribution in [1.82, 2.24) is 4.98 Å². The number of halogens is 2. The molecule has 0 saturated carbocycles. The number of oxazole rings is 1. The van der Waals surface area contributed by atoms with Crippen LogP contribution in [0.5, 0.6) is 0 Å². The van der Waals surface area contributed by atoms with Gasteiger partial charge in [-0.05, 0) is 13.0 Å². The molecule has 20 heavy (non-hydrogen) atoms. The molecule has 2 aromatic rings. The molecule has 7 nitrogen and oxygen atoms in total. The molecule has 0 fully saturated rings. The summed E-state index contributed by atoms with van der Waals surface area (Å²) in [5, 5.41) is 12.6. The largest absolute Gasteiger partial charge is 0.432 e. The van der Waals surface area contributed by atoms with Crippen LogP contribution in [0.2, 0.25) is 0 Å². The Hall–Kier alpha value is -2.84. The van der Waals surface area contributed by atoms with Gasteiger partial charge in [-0.15, -0.1) is 0 Å². The minimum Gasteiger partial charge on any atom is -0.432 e. The lowest BCUT2D eigenvalue weighted by Crippen LogP contribution is -2.17. The van der Waals surface area contributed by atoms with Crippen LogP contribution in [0.3, 0.4) is 0 Å². The Bertz CT molecular complexity index is 699. The summed E-state index contributed by atoms with van der Waals surface area (Å²) < 4.78 is 32.0. The molecule has 2 rings (SSSR count). The zero-order valence-corrected chi connectivity index (χ0v) is 10.0. The molecule has 0 radical (unpaired) electrons. The van der Waals surface area contributed by atoms with Gasteiger partial charge in [0.05, 0.1) is 10.6 Å². The number of hydrogen-bond acceptors (Lipinski definition) is 5. The summed E-state index contributed by atoms with van der Waals surface area (Å²) in [4.78, 5) is 24.9. The highest BCUT2D eigenvalue weighted by Gasteiger charge is 2.26. The Balaban J connectivity index is 2.38. The highest BCUT2D eigenvalue weighted by molar-refractivity contribution is 6.04. The average Bonchev–Trinajstić information content (AvgIpc) is 2.74. The number of hydrogen-bond donors (Lipinski definition) is 1.